The molecule has 0 bridgehead atoms. The van der Waals surface area contributed by atoms with Gasteiger partial charge >= 0.3 is 5.97 Å². The third kappa shape index (κ3) is 2.86. The van der Waals surface area contributed by atoms with Crippen molar-refractivity contribution >= 4 is 23.1 Å². The largest absolute Gasteiger partial charge is 0.508 e. The second-order valence-electron chi connectivity index (χ2n) is 6.33. The molecule has 0 aliphatic carbocycles. The van der Waals surface area contributed by atoms with Crippen LogP contribution in [-0.2, 0) is 4.79 Å². The third-order valence-electron chi connectivity index (χ3n) is 4.56. The highest BCUT2D eigenvalue weighted by atomic mass is 16.4. The van der Waals surface area contributed by atoms with E-state index >= 15 is 0 Å². The second-order valence-corrected chi connectivity index (χ2v) is 6.33. The lowest BCUT2D eigenvalue weighted by atomic mass is 9.91. The van der Waals surface area contributed by atoms with Crippen LogP contribution >= 0.6 is 0 Å². The topological polar surface area (TPSA) is 140 Å². The highest BCUT2D eigenvalue weighted by molar-refractivity contribution is 5.91. The van der Waals surface area contributed by atoms with Crippen LogP contribution in [0.5, 0.6) is 5.75 Å². The summed E-state index contributed by atoms with van der Waals surface area (Å²) in [6.07, 6.45) is 1.64. The van der Waals surface area contributed by atoms with Gasteiger partial charge in [0.15, 0.2) is 0 Å². The van der Waals surface area contributed by atoms with Gasteiger partial charge in [-0.3, -0.25) is 4.79 Å². The van der Waals surface area contributed by atoms with Gasteiger partial charge < -0.3 is 21.7 Å². The number of carboxylic acids is 1. The van der Waals surface area contributed by atoms with Crippen molar-refractivity contribution in [3.63, 3.8) is 0 Å². The predicted molar refractivity (Wildman–Crippen MR) is 105 cm³/mol. The molecule has 8 nitrogen and oxygen atoms in total. The second kappa shape index (κ2) is 6.58. The van der Waals surface area contributed by atoms with E-state index in [-0.39, 0.29) is 11.7 Å². The maximum atomic E-state index is 12.1. The van der Waals surface area contributed by atoms with E-state index < -0.39 is 11.9 Å². The third-order valence-corrected chi connectivity index (χ3v) is 4.56. The zero-order valence-electron chi connectivity index (χ0n) is 14.6. The molecule has 0 spiro atoms. The average molecular weight is 375 g/mol. The number of aliphatic carboxylic acids is 1. The molecular weight excluding hydrogens is 358 g/mol. The molecule has 0 radical (unpaired) electrons. The van der Waals surface area contributed by atoms with Crippen LogP contribution in [0.25, 0.3) is 16.8 Å². The first-order valence-electron chi connectivity index (χ1n) is 8.47. The number of hydrogen-bond acceptors (Lipinski definition) is 6. The highest BCUT2D eigenvalue weighted by Gasteiger charge is 2.27. The maximum absolute atomic E-state index is 12.1. The average Bonchev–Trinajstić information content (AvgIpc) is 3.06. The van der Waals surface area contributed by atoms with Crippen molar-refractivity contribution in [1.29, 1.82) is 0 Å². The van der Waals surface area contributed by atoms with Crippen molar-refractivity contribution < 1.29 is 15.0 Å². The first-order chi connectivity index (χ1) is 13.5. The number of fused-ring (bicyclic) bond motifs is 1. The van der Waals surface area contributed by atoms with E-state index in [9.17, 15) is 15.0 Å². The number of hydrogen-bond donors (Lipinski definition) is 4. The summed E-state index contributed by atoms with van der Waals surface area (Å²) in [5.74, 6) is -1.92. The number of aromatic nitrogens is 3. The fourth-order valence-corrected chi connectivity index (χ4v) is 3.32. The summed E-state index contributed by atoms with van der Waals surface area (Å²) in [5.41, 5.74) is 15.1. The molecule has 0 saturated heterocycles. The molecule has 1 atom stereocenters. The van der Waals surface area contributed by atoms with Gasteiger partial charge in [-0.1, -0.05) is 30.3 Å². The summed E-state index contributed by atoms with van der Waals surface area (Å²) in [4.78, 5) is 16.5. The van der Waals surface area contributed by atoms with Gasteiger partial charge in [0.1, 0.15) is 17.4 Å². The fourth-order valence-electron chi connectivity index (χ4n) is 3.32. The number of anilines is 2. The van der Waals surface area contributed by atoms with Gasteiger partial charge in [0.25, 0.3) is 0 Å². The van der Waals surface area contributed by atoms with E-state index in [4.69, 9.17) is 11.5 Å². The summed E-state index contributed by atoms with van der Waals surface area (Å²) >= 11 is 0. The van der Waals surface area contributed by atoms with Gasteiger partial charge in [0, 0.05) is 23.0 Å². The van der Waals surface area contributed by atoms with Crippen molar-refractivity contribution in [2.45, 2.75) is 5.92 Å². The van der Waals surface area contributed by atoms with Crippen LogP contribution < -0.4 is 11.5 Å². The molecule has 4 rings (SSSR count). The lowest BCUT2D eigenvalue weighted by molar-refractivity contribution is -0.137. The molecule has 2 aromatic carbocycles. The van der Waals surface area contributed by atoms with Crippen LogP contribution in [0.4, 0.5) is 11.6 Å². The molecule has 0 aliphatic rings. The molecule has 0 aliphatic heterocycles. The molecule has 28 heavy (non-hydrogen) atoms. The number of nitrogen functional groups attached to an aromatic ring is 2. The van der Waals surface area contributed by atoms with E-state index in [0.29, 0.717) is 33.6 Å². The van der Waals surface area contributed by atoms with Crippen LogP contribution in [-0.4, -0.2) is 30.8 Å². The SMILES string of the molecule is Nc1nc(-c2ccccc2N)c2c(C(C(=O)O)c3ccc(O)cc3)ccn2n1. The number of phenols is 1. The molecule has 1 unspecified atom stereocenters. The number of rotatable bonds is 4. The number of para-hydroxylation sites is 1. The molecule has 0 amide bonds. The minimum Gasteiger partial charge on any atom is -0.508 e. The highest BCUT2D eigenvalue weighted by Crippen LogP contribution is 2.36. The number of nitrogens with zero attached hydrogens (tertiary/aromatic N) is 3. The monoisotopic (exact) mass is 375 g/mol. The first kappa shape index (κ1) is 17.3. The number of aromatic hydroxyl groups is 1. The van der Waals surface area contributed by atoms with Crippen molar-refractivity contribution in [3.8, 4) is 17.0 Å². The van der Waals surface area contributed by atoms with E-state index in [2.05, 4.69) is 10.1 Å². The first-order valence-corrected chi connectivity index (χ1v) is 8.47. The smallest absolute Gasteiger partial charge is 0.315 e. The summed E-state index contributed by atoms with van der Waals surface area (Å²) in [6, 6.07) is 14.9. The normalized spacial score (nSPS) is 12.1. The van der Waals surface area contributed by atoms with E-state index in [0.717, 1.165) is 0 Å². The Labute approximate surface area is 159 Å². The Morgan fingerprint density at radius 2 is 1.75 bits per heavy atom. The van der Waals surface area contributed by atoms with Crippen molar-refractivity contribution in [3.05, 3.63) is 71.9 Å². The summed E-state index contributed by atoms with van der Waals surface area (Å²) in [6.45, 7) is 0. The minimum absolute atomic E-state index is 0.0458. The zero-order chi connectivity index (χ0) is 19.8. The quantitative estimate of drug-likeness (QED) is 0.402. The van der Waals surface area contributed by atoms with Crippen molar-refractivity contribution in [2.75, 3.05) is 11.5 Å². The minimum atomic E-state index is -1.04. The van der Waals surface area contributed by atoms with Crippen LogP contribution in [0.2, 0.25) is 0 Å². The Bertz CT molecular complexity index is 1180. The van der Waals surface area contributed by atoms with E-state index in [1.54, 1.807) is 42.6 Å². The van der Waals surface area contributed by atoms with Gasteiger partial charge in [0.05, 0.1) is 5.52 Å². The Morgan fingerprint density at radius 3 is 2.43 bits per heavy atom. The number of nitrogens with two attached hydrogens (primary N) is 2. The maximum Gasteiger partial charge on any atom is 0.315 e. The summed E-state index contributed by atoms with van der Waals surface area (Å²) in [5, 5.41) is 23.6. The van der Waals surface area contributed by atoms with E-state index in [1.165, 1.54) is 16.6 Å². The molecule has 8 heteroatoms. The van der Waals surface area contributed by atoms with Crippen LogP contribution in [0.3, 0.4) is 0 Å². The number of carbonyl (C=O) groups is 1. The Balaban J connectivity index is 2.01. The Morgan fingerprint density at radius 1 is 1.04 bits per heavy atom. The zero-order valence-corrected chi connectivity index (χ0v) is 14.6. The van der Waals surface area contributed by atoms with Crippen LogP contribution in [0, 0.1) is 0 Å². The predicted octanol–water partition coefficient (Wildman–Crippen LogP) is 2.48. The molecule has 2 aromatic heterocycles. The Hall–Kier alpha value is -4.07. The van der Waals surface area contributed by atoms with Crippen molar-refractivity contribution in [2.24, 2.45) is 0 Å². The van der Waals surface area contributed by atoms with Gasteiger partial charge in [-0.25, -0.2) is 9.50 Å². The van der Waals surface area contributed by atoms with E-state index in [1.807, 2.05) is 6.07 Å². The number of phenolic OH excluding ortho intramolecular Hbond substituents is 1. The van der Waals surface area contributed by atoms with Gasteiger partial charge in [-0.05, 0) is 29.8 Å². The van der Waals surface area contributed by atoms with Gasteiger partial charge in [0.2, 0.25) is 5.95 Å². The van der Waals surface area contributed by atoms with Crippen molar-refractivity contribution in [1.82, 2.24) is 14.6 Å². The molecule has 4 aromatic rings. The lowest BCUT2D eigenvalue weighted by Crippen LogP contribution is -2.14. The fraction of sp³-hybridized carbons (Fsp3) is 0.0500. The standard InChI is InChI=1S/C20H17N5O3/c21-15-4-2-1-3-13(15)17-18-14(9-10-25(18)24-20(22)23-17)16(19(27)28)11-5-7-12(26)8-6-11/h1-10,16,26H,21H2,(H2,22,24)(H,27,28). The van der Waals surface area contributed by atoms with Gasteiger partial charge in [-0.15, -0.1) is 5.10 Å². The lowest BCUT2D eigenvalue weighted by Gasteiger charge is -2.15. The number of benzene rings is 2. The Kier molecular flexibility index (Phi) is 4.08. The van der Waals surface area contributed by atoms with Crippen LogP contribution in [0.15, 0.2) is 60.8 Å². The summed E-state index contributed by atoms with van der Waals surface area (Å²) in [7, 11) is 0. The molecule has 2 heterocycles. The van der Waals surface area contributed by atoms with Crippen LogP contribution in [0.1, 0.15) is 17.0 Å². The molecule has 140 valence electrons. The number of carboxylic acid groups (broad SMARTS) is 1. The molecule has 0 saturated carbocycles. The molecule has 0 fully saturated rings. The molecule has 6 N–H and O–H groups in total. The molecular formula is C20H17N5O3. The van der Waals surface area contributed by atoms with Gasteiger partial charge in [-0.2, -0.15) is 0 Å². The summed E-state index contributed by atoms with van der Waals surface area (Å²) < 4.78 is 1.51.